The third-order valence-corrected chi connectivity index (χ3v) is 1.85. The summed E-state index contributed by atoms with van der Waals surface area (Å²) in [7, 11) is 1.58. The van der Waals surface area contributed by atoms with Crippen molar-refractivity contribution in [3.05, 3.63) is 35.9 Å². The van der Waals surface area contributed by atoms with Gasteiger partial charge in [-0.25, -0.2) is 0 Å². The molecule has 1 radical (unpaired) electrons. The first-order valence-corrected chi connectivity index (χ1v) is 4.45. The van der Waals surface area contributed by atoms with Gasteiger partial charge in [-0.05, 0) is 6.07 Å². The van der Waals surface area contributed by atoms with Crippen molar-refractivity contribution in [1.82, 2.24) is 0 Å². The van der Waals surface area contributed by atoms with Crippen molar-refractivity contribution >= 4 is 0 Å². The highest BCUT2D eigenvalue weighted by Crippen LogP contribution is 2.22. The molecule has 0 aliphatic rings. The Kier molecular flexibility index (Phi) is 4.61. The van der Waals surface area contributed by atoms with Crippen LogP contribution in [0.4, 0.5) is 0 Å². The second-order valence-electron chi connectivity index (χ2n) is 2.80. The summed E-state index contributed by atoms with van der Waals surface area (Å²) in [6, 6.07) is 7.02. The number of nitrogens with zero attached hydrogens (tertiary/aromatic N) is 1. The summed E-state index contributed by atoms with van der Waals surface area (Å²) in [4.78, 5) is 0. The SMILES string of the molecule is COCCOc1cccc([CH]O)c1C#N. The van der Waals surface area contributed by atoms with E-state index in [1.165, 1.54) is 0 Å². The van der Waals surface area contributed by atoms with Crippen LogP contribution >= 0.6 is 0 Å². The summed E-state index contributed by atoms with van der Waals surface area (Å²) in [6.45, 7) is 1.72. The van der Waals surface area contributed by atoms with Crippen molar-refractivity contribution in [2.75, 3.05) is 20.3 Å². The van der Waals surface area contributed by atoms with Crippen LogP contribution in [0, 0.1) is 17.9 Å². The van der Waals surface area contributed by atoms with Crippen LogP contribution in [0.2, 0.25) is 0 Å². The predicted molar refractivity (Wildman–Crippen MR) is 53.9 cm³/mol. The van der Waals surface area contributed by atoms with Crippen molar-refractivity contribution in [3.63, 3.8) is 0 Å². The van der Waals surface area contributed by atoms with Gasteiger partial charge in [-0.1, -0.05) is 12.1 Å². The van der Waals surface area contributed by atoms with Crippen molar-refractivity contribution in [3.8, 4) is 11.8 Å². The number of nitriles is 1. The van der Waals surface area contributed by atoms with E-state index in [9.17, 15) is 0 Å². The van der Waals surface area contributed by atoms with Gasteiger partial charge in [-0.2, -0.15) is 5.26 Å². The topological polar surface area (TPSA) is 62.5 Å². The van der Waals surface area contributed by atoms with E-state index in [0.717, 1.165) is 6.61 Å². The molecule has 1 N–H and O–H groups in total. The molecule has 1 rings (SSSR count). The van der Waals surface area contributed by atoms with Crippen LogP contribution in [-0.4, -0.2) is 25.4 Å². The molecular formula is C11H12NO3. The number of ether oxygens (including phenoxy) is 2. The first-order chi connectivity index (χ1) is 7.33. The molecule has 0 aliphatic heterocycles. The number of aliphatic hydroxyl groups excluding tert-OH is 1. The average Bonchev–Trinajstić information content (AvgIpc) is 2.29. The minimum absolute atomic E-state index is 0.330. The molecule has 0 spiro atoms. The van der Waals surface area contributed by atoms with Gasteiger partial charge in [0.15, 0.2) is 0 Å². The largest absolute Gasteiger partial charge is 0.490 e. The highest BCUT2D eigenvalue weighted by molar-refractivity contribution is 5.50. The summed E-state index contributed by atoms with van der Waals surface area (Å²) in [5, 5.41) is 17.8. The predicted octanol–water partition coefficient (Wildman–Crippen LogP) is 1.47. The van der Waals surface area contributed by atoms with Gasteiger partial charge in [-0.3, -0.25) is 0 Å². The van der Waals surface area contributed by atoms with E-state index in [1.807, 2.05) is 6.07 Å². The number of aliphatic hydroxyl groups is 1. The second kappa shape index (κ2) is 6.02. The molecule has 0 heterocycles. The van der Waals surface area contributed by atoms with Crippen LogP contribution in [0.25, 0.3) is 0 Å². The maximum atomic E-state index is 8.89. The van der Waals surface area contributed by atoms with Crippen molar-refractivity contribution < 1.29 is 14.6 Å². The van der Waals surface area contributed by atoms with Crippen LogP contribution < -0.4 is 4.74 Å². The van der Waals surface area contributed by atoms with Crippen molar-refractivity contribution in [2.45, 2.75) is 0 Å². The Morgan fingerprint density at radius 1 is 1.47 bits per heavy atom. The van der Waals surface area contributed by atoms with Crippen LogP contribution in [0.3, 0.4) is 0 Å². The number of benzene rings is 1. The monoisotopic (exact) mass is 206 g/mol. The Bertz CT molecular complexity index is 357. The average molecular weight is 206 g/mol. The molecule has 0 amide bonds. The summed E-state index contributed by atoms with van der Waals surface area (Å²) >= 11 is 0. The molecule has 79 valence electrons. The molecule has 0 saturated carbocycles. The third-order valence-electron chi connectivity index (χ3n) is 1.85. The van der Waals surface area contributed by atoms with E-state index in [-0.39, 0.29) is 0 Å². The fourth-order valence-electron chi connectivity index (χ4n) is 1.13. The summed E-state index contributed by atoms with van der Waals surface area (Å²) in [6.07, 6.45) is 0. The Balaban J connectivity index is 2.83. The molecule has 1 aromatic rings. The van der Waals surface area contributed by atoms with Gasteiger partial charge in [0, 0.05) is 12.7 Å². The molecule has 0 atom stereocenters. The maximum absolute atomic E-state index is 8.89. The zero-order valence-electron chi connectivity index (χ0n) is 8.43. The van der Waals surface area contributed by atoms with E-state index < -0.39 is 0 Å². The van der Waals surface area contributed by atoms with Gasteiger partial charge in [-0.15, -0.1) is 0 Å². The lowest BCUT2D eigenvalue weighted by Gasteiger charge is -2.08. The van der Waals surface area contributed by atoms with Gasteiger partial charge in [0.1, 0.15) is 25.0 Å². The molecule has 0 aromatic heterocycles. The molecule has 4 nitrogen and oxygen atoms in total. The minimum Gasteiger partial charge on any atom is -0.490 e. The lowest BCUT2D eigenvalue weighted by molar-refractivity contribution is 0.146. The molecule has 0 fully saturated rings. The number of hydrogen-bond donors (Lipinski definition) is 1. The molecule has 15 heavy (non-hydrogen) atoms. The molecule has 0 aliphatic carbocycles. The summed E-state index contributed by atoms with van der Waals surface area (Å²) < 4.78 is 10.2. The van der Waals surface area contributed by atoms with Gasteiger partial charge < -0.3 is 14.6 Å². The second-order valence-corrected chi connectivity index (χ2v) is 2.80. The van der Waals surface area contributed by atoms with E-state index in [0.29, 0.717) is 30.1 Å². The highest BCUT2D eigenvalue weighted by atomic mass is 16.5. The zero-order valence-corrected chi connectivity index (χ0v) is 8.43. The van der Waals surface area contributed by atoms with Crippen LogP contribution in [0.1, 0.15) is 11.1 Å². The number of rotatable bonds is 5. The summed E-state index contributed by atoms with van der Waals surface area (Å²) in [5.41, 5.74) is 0.781. The Hall–Kier alpha value is -1.57. The first kappa shape index (κ1) is 11.5. The Morgan fingerprint density at radius 3 is 2.87 bits per heavy atom. The zero-order chi connectivity index (χ0) is 11.1. The highest BCUT2D eigenvalue weighted by Gasteiger charge is 2.08. The minimum atomic E-state index is 0.330. The Morgan fingerprint density at radius 2 is 2.27 bits per heavy atom. The molecule has 1 aromatic carbocycles. The van der Waals surface area contributed by atoms with Gasteiger partial charge in [0.2, 0.25) is 0 Å². The van der Waals surface area contributed by atoms with Gasteiger partial charge in [0.25, 0.3) is 0 Å². The van der Waals surface area contributed by atoms with Crippen molar-refractivity contribution in [2.24, 2.45) is 0 Å². The van der Waals surface area contributed by atoms with Gasteiger partial charge in [0.05, 0.1) is 12.2 Å². The van der Waals surface area contributed by atoms with E-state index in [4.69, 9.17) is 19.8 Å². The quantitative estimate of drug-likeness (QED) is 0.741. The smallest absolute Gasteiger partial charge is 0.137 e. The molecule has 0 bridgehead atoms. The van der Waals surface area contributed by atoms with Gasteiger partial charge >= 0.3 is 0 Å². The molecular weight excluding hydrogens is 194 g/mol. The maximum Gasteiger partial charge on any atom is 0.137 e. The van der Waals surface area contributed by atoms with Crippen molar-refractivity contribution in [1.29, 1.82) is 5.26 Å². The van der Waals surface area contributed by atoms with E-state index in [2.05, 4.69) is 0 Å². The normalized spacial score (nSPS) is 9.67. The summed E-state index contributed by atoms with van der Waals surface area (Å²) in [5.74, 6) is 0.456. The molecule has 0 saturated heterocycles. The van der Waals surface area contributed by atoms with Crippen LogP contribution in [-0.2, 0) is 4.74 Å². The fraction of sp³-hybridized carbons (Fsp3) is 0.273. The van der Waals surface area contributed by atoms with E-state index in [1.54, 1.807) is 25.3 Å². The Labute approximate surface area is 88.7 Å². The van der Waals surface area contributed by atoms with E-state index >= 15 is 0 Å². The number of hydrogen-bond acceptors (Lipinski definition) is 4. The fourth-order valence-corrected chi connectivity index (χ4v) is 1.13. The molecule has 4 heteroatoms. The lowest BCUT2D eigenvalue weighted by Crippen LogP contribution is -2.06. The standard InChI is InChI=1S/C11H12NO3/c1-14-5-6-15-11-4-2-3-9(8-13)10(11)7-12/h2-4,8,13H,5-6H2,1H3. The first-order valence-electron chi connectivity index (χ1n) is 4.45. The van der Waals surface area contributed by atoms with Crippen LogP contribution in [0.15, 0.2) is 18.2 Å². The molecule has 0 unspecified atom stereocenters. The van der Waals surface area contributed by atoms with Crippen LogP contribution in [0.5, 0.6) is 5.75 Å². The third kappa shape index (κ3) is 2.94. The lowest BCUT2D eigenvalue weighted by atomic mass is 10.1. The number of methoxy groups -OCH3 is 1.